The third kappa shape index (κ3) is 3.48. The van der Waals surface area contributed by atoms with Crippen molar-refractivity contribution in [2.45, 2.75) is 26.8 Å². The molecule has 0 bridgehead atoms. The van der Waals surface area contributed by atoms with Crippen molar-refractivity contribution in [3.05, 3.63) is 24.0 Å². The number of sulfone groups is 1. The Kier molecular flexibility index (Phi) is 4.29. The molecule has 1 aromatic heterocycles. The number of rotatable bonds is 6. The molecule has 0 atom stereocenters. The number of ketones is 1. The molecule has 0 spiro atoms. The predicted octanol–water partition coefficient (Wildman–Crippen LogP) is 1.52. The number of aryl methyl sites for hydroxylation is 1. The minimum Gasteiger partial charge on any atom is -0.352 e. The second-order valence-corrected chi connectivity index (χ2v) is 6.12. The van der Waals surface area contributed by atoms with Gasteiger partial charge in [0, 0.05) is 36.7 Å². The molecule has 0 saturated heterocycles. The fourth-order valence-electron chi connectivity index (χ4n) is 1.34. The van der Waals surface area contributed by atoms with E-state index in [-0.39, 0.29) is 17.3 Å². The first-order valence-corrected chi connectivity index (χ1v) is 7.20. The molecule has 16 heavy (non-hydrogen) atoms. The van der Waals surface area contributed by atoms with Gasteiger partial charge in [-0.2, -0.15) is 0 Å². The van der Waals surface area contributed by atoms with Gasteiger partial charge in [-0.25, -0.2) is 8.42 Å². The highest BCUT2D eigenvalue weighted by molar-refractivity contribution is 7.91. The van der Waals surface area contributed by atoms with Gasteiger partial charge in [0.05, 0.1) is 5.75 Å². The zero-order valence-electron chi connectivity index (χ0n) is 9.64. The SMILES string of the molecule is CCC(=O)c1ccn(CCS(=O)(=O)CC)c1. The predicted molar refractivity (Wildman–Crippen MR) is 63.4 cm³/mol. The highest BCUT2D eigenvalue weighted by Gasteiger charge is 2.09. The van der Waals surface area contributed by atoms with Crippen LogP contribution < -0.4 is 0 Å². The van der Waals surface area contributed by atoms with Crippen LogP contribution in [0, 0.1) is 0 Å². The second kappa shape index (κ2) is 5.30. The molecule has 4 nitrogen and oxygen atoms in total. The second-order valence-electron chi connectivity index (χ2n) is 3.65. The maximum Gasteiger partial charge on any atom is 0.164 e. The van der Waals surface area contributed by atoms with E-state index in [4.69, 9.17) is 0 Å². The first-order chi connectivity index (χ1) is 7.48. The van der Waals surface area contributed by atoms with Crippen LogP contribution in [0.2, 0.25) is 0 Å². The normalized spacial score (nSPS) is 11.6. The molecule has 0 aromatic carbocycles. The largest absolute Gasteiger partial charge is 0.352 e. The van der Waals surface area contributed by atoms with Gasteiger partial charge in [-0.15, -0.1) is 0 Å². The highest BCUT2D eigenvalue weighted by atomic mass is 32.2. The zero-order valence-corrected chi connectivity index (χ0v) is 10.5. The maximum absolute atomic E-state index is 11.4. The van der Waals surface area contributed by atoms with Crippen LogP contribution in [0.25, 0.3) is 0 Å². The van der Waals surface area contributed by atoms with Crippen molar-refractivity contribution >= 4 is 15.6 Å². The molecule has 0 fully saturated rings. The zero-order chi connectivity index (χ0) is 12.2. The van der Waals surface area contributed by atoms with Crippen molar-refractivity contribution in [3.63, 3.8) is 0 Å². The van der Waals surface area contributed by atoms with E-state index >= 15 is 0 Å². The van der Waals surface area contributed by atoms with E-state index in [1.54, 1.807) is 36.9 Å². The van der Waals surface area contributed by atoms with Crippen LogP contribution in [0.15, 0.2) is 18.5 Å². The van der Waals surface area contributed by atoms with Gasteiger partial charge in [0.15, 0.2) is 15.6 Å². The summed E-state index contributed by atoms with van der Waals surface area (Å²) in [7, 11) is -2.94. The summed E-state index contributed by atoms with van der Waals surface area (Å²) in [6.45, 7) is 3.85. The molecule has 1 rings (SSSR count). The fourth-order valence-corrected chi connectivity index (χ4v) is 2.12. The van der Waals surface area contributed by atoms with Crippen molar-refractivity contribution in [2.75, 3.05) is 11.5 Å². The summed E-state index contributed by atoms with van der Waals surface area (Å²) in [5.41, 5.74) is 0.649. The molecule has 0 amide bonds. The molecule has 90 valence electrons. The minimum absolute atomic E-state index is 0.0806. The lowest BCUT2D eigenvalue weighted by Crippen LogP contribution is -2.13. The third-order valence-corrected chi connectivity index (χ3v) is 4.18. The van der Waals surface area contributed by atoms with Gasteiger partial charge in [0.25, 0.3) is 0 Å². The van der Waals surface area contributed by atoms with Crippen molar-refractivity contribution in [2.24, 2.45) is 0 Å². The van der Waals surface area contributed by atoms with E-state index in [1.807, 2.05) is 0 Å². The van der Waals surface area contributed by atoms with Crippen LogP contribution in [0.4, 0.5) is 0 Å². The van der Waals surface area contributed by atoms with Crippen molar-refractivity contribution in [1.29, 1.82) is 0 Å². The summed E-state index contributed by atoms with van der Waals surface area (Å²) in [6.07, 6.45) is 3.92. The van der Waals surface area contributed by atoms with Crippen LogP contribution in [0.3, 0.4) is 0 Å². The Morgan fingerprint density at radius 2 is 2.06 bits per heavy atom. The Bertz CT molecular complexity index is 459. The molecule has 1 aromatic rings. The van der Waals surface area contributed by atoms with Gasteiger partial charge < -0.3 is 4.57 Å². The highest BCUT2D eigenvalue weighted by Crippen LogP contribution is 2.05. The van der Waals surface area contributed by atoms with Crippen molar-refractivity contribution in [1.82, 2.24) is 4.57 Å². The van der Waals surface area contributed by atoms with Crippen LogP contribution in [0.5, 0.6) is 0 Å². The van der Waals surface area contributed by atoms with Crippen LogP contribution in [-0.2, 0) is 16.4 Å². The average molecular weight is 243 g/mol. The summed E-state index contributed by atoms with van der Waals surface area (Å²) in [5, 5.41) is 0. The number of hydrogen-bond acceptors (Lipinski definition) is 3. The van der Waals surface area contributed by atoms with Crippen LogP contribution >= 0.6 is 0 Å². The van der Waals surface area contributed by atoms with Gasteiger partial charge in [0.1, 0.15) is 0 Å². The van der Waals surface area contributed by atoms with Crippen LogP contribution in [0.1, 0.15) is 30.6 Å². The monoisotopic (exact) mass is 243 g/mol. The summed E-state index contributed by atoms with van der Waals surface area (Å²) < 4.78 is 24.3. The molecule has 5 heteroatoms. The minimum atomic E-state index is -2.94. The topological polar surface area (TPSA) is 56.1 Å². The Morgan fingerprint density at radius 3 is 2.62 bits per heavy atom. The van der Waals surface area contributed by atoms with E-state index in [0.717, 1.165) is 0 Å². The number of hydrogen-bond donors (Lipinski definition) is 0. The van der Waals surface area contributed by atoms with Gasteiger partial charge in [-0.1, -0.05) is 13.8 Å². The van der Waals surface area contributed by atoms with E-state index in [9.17, 15) is 13.2 Å². The third-order valence-electron chi connectivity index (χ3n) is 2.49. The summed E-state index contributed by atoms with van der Waals surface area (Å²) >= 11 is 0. The van der Waals surface area contributed by atoms with Crippen molar-refractivity contribution < 1.29 is 13.2 Å². The van der Waals surface area contributed by atoms with Gasteiger partial charge in [0.2, 0.25) is 0 Å². The number of aromatic nitrogens is 1. The average Bonchev–Trinajstić information content (AvgIpc) is 2.74. The Morgan fingerprint density at radius 1 is 1.38 bits per heavy atom. The molecule has 0 aliphatic carbocycles. The quantitative estimate of drug-likeness (QED) is 0.712. The molecular formula is C11H17NO3S. The Hall–Kier alpha value is -1.10. The standard InChI is InChI=1S/C11H17NO3S/c1-3-11(13)10-5-6-12(9-10)7-8-16(14,15)4-2/h5-6,9H,3-4,7-8H2,1-2H3. The van der Waals surface area contributed by atoms with E-state index in [0.29, 0.717) is 18.5 Å². The summed E-state index contributed by atoms with van der Waals surface area (Å²) in [5.74, 6) is 0.365. The Balaban J connectivity index is 2.63. The molecule has 0 N–H and O–H groups in total. The molecule has 0 unspecified atom stereocenters. The smallest absolute Gasteiger partial charge is 0.164 e. The number of Topliss-reactive ketones (excluding diaryl/α,β-unsaturated/α-hetero) is 1. The van der Waals surface area contributed by atoms with Crippen LogP contribution in [-0.4, -0.2) is 30.3 Å². The molecule has 0 aliphatic heterocycles. The van der Waals surface area contributed by atoms with Gasteiger partial charge >= 0.3 is 0 Å². The van der Waals surface area contributed by atoms with E-state index < -0.39 is 9.84 Å². The maximum atomic E-state index is 11.4. The summed E-state index contributed by atoms with van der Waals surface area (Å²) in [4.78, 5) is 11.4. The first-order valence-electron chi connectivity index (χ1n) is 5.38. The lowest BCUT2D eigenvalue weighted by molar-refractivity contribution is 0.0988. The number of nitrogens with zero attached hydrogens (tertiary/aromatic N) is 1. The lowest BCUT2D eigenvalue weighted by atomic mass is 10.2. The van der Waals surface area contributed by atoms with E-state index in [2.05, 4.69) is 0 Å². The van der Waals surface area contributed by atoms with Gasteiger partial charge in [-0.05, 0) is 6.07 Å². The molecule has 0 radical (unpaired) electrons. The lowest BCUT2D eigenvalue weighted by Gasteiger charge is -2.02. The first kappa shape index (κ1) is 13.0. The van der Waals surface area contributed by atoms with E-state index in [1.165, 1.54) is 0 Å². The molecule has 0 aliphatic rings. The molecule has 1 heterocycles. The van der Waals surface area contributed by atoms with Crippen molar-refractivity contribution in [3.8, 4) is 0 Å². The summed E-state index contributed by atoms with van der Waals surface area (Å²) in [6, 6.07) is 1.73. The molecular weight excluding hydrogens is 226 g/mol. The Labute approximate surface area is 96.2 Å². The number of carbonyl (C=O) groups is 1. The fraction of sp³-hybridized carbons (Fsp3) is 0.545. The van der Waals surface area contributed by atoms with Gasteiger partial charge in [-0.3, -0.25) is 4.79 Å². The number of carbonyl (C=O) groups excluding carboxylic acids is 1. The molecule has 0 saturated carbocycles.